The van der Waals surface area contributed by atoms with E-state index in [1.54, 1.807) is 12.1 Å². The Morgan fingerprint density at radius 3 is 2.18 bits per heavy atom. The second-order valence-electron chi connectivity index (χ2n) is 6.95. The molecule has 0 unspecified atom stereocenters. The number of rotatable bonds is 3. The largest absolute Gasteiger partial charge is 0.508 e. The van der Waals surface area contributed by atoms with E-state index < -0.39 is 0 Å². The van der Waals surface area contributed by atoms with Gasteiger partial charge in [-0.3, -0.25) is 9.69 Å². The molecule has 1 amide bonds. The number of carbonyl (C=O) groups excluding carboxylic acids is 1. The van der Waals surface area contributed by atoms with Crippen molar-refractivity contribution >= 4 is 11.6 Å². The fourth-order valence-electron chi connectivity index (χ4n) is 2.67. The third-order valence-corrected chi connectivity index (χ3v) is 3.95. The first-order valence-electron chi connectivity index (χ1n) is 7.86. The maximum absolute atomic E-state index is 12.3. The summed E-state index contributed by atoms with van der Waals surface area (Å²) in [6.45, 7) is 11.5. The van der Waals surface area contributed by atoms with Crippen LogP contribution in [0.1, 0.15) is 27.7 Å². The summed E-state index contributed by atoms with van der Waals surface area (Å²) in [4.78, 5) is 16.8. The lowest BCUT2D eigenvalue weighted by Crippen LogP contribution is -2.56. The first-order valence-corrected chi connectivity index (χ1v) is 7.86. The zero-order chi connectivity index (χ0) is 16.3. The normalized spacial score (nSPS) is 18.1. The summed E-state index contributed by atoms with van der Waals surface area (Å²) in [5, 5.41) is 12.4. The highest BCUT2D eigenvalue weighted by atomic mass is 16.3. The summed E-state index contributed by atoms with van der Waals surface area (Å²) in [7, 11) is 0. The van der Waals surface area contributed by atoms with Crippen molar-refractivity contribution in [2.45, 2.75) is 39.3 Å². The number of carbonyl (C=O) groups is 1. The Labute approximate surface area is 132 Å². The van der Waals surface area contributed by atoms with E-state index in [0.29, 0.717) is 0 Å². The highest BCUT2D eigenvalue weighted by Gasteiger charge is 2.27. The predicted octanol–water partition coefficient (Wildman–Crippen LogP) is 1.82. The maximum atomic E-state index is 12.3. The van der Waals surface area contributed by atoms with E-state index in [-0.39, 0.29) is 23.2 Å². The minimum Gasteiger partial charge on any atom is -0.508 e. The molecule has 122 valence electrons. The number of anilines is 1. The van der Waals surface area contributed by atoms with Gasteiger partial charge >= 0.3 is 0 Å². The number of phenolic OH excluding ortho intramolecular Hbond substituents is 1. The monoisotopic (exact) mass is 305 g/mol. The molecule has 22 heavy (non-hydrogen) atoms. The Kier molecular flexibility index (Phi) is 4.96. The molecule has 1 aromatic rings. The quantitative estimate of drug-likeness (QED) is 0.894. The minimum absolute atomic E-state index is 0.0885. The number of aromatic hydroxyl groups is 1. The first-order chi connectivity index (χ1) is 10.3. The average Bonchev–Trinajstić information content (AvgIpc) is 2.46. The van der Waals surface area contributed by atoms with Gasteiger partial charge in [0.25, 0.3) is 0 Å². The molecule has 0 aromatic heterocycles. The van der Waals surface area contributed by atoms with Crippen molar-refractivity contribution in [3.8, 4) is 5.75 Å². The molecule has 0 spiro atoms. The molecule has 5 heteroatoms. The van der Waals surface area contributed by atoms with Crippen molar-refractivity contribution < 1.29 is 9.90 Å². The zero-order valence-electron chi connectivity index (χ0n) is 14.0. The van der Waals surface area contributed by atoms with Gasteiger partial charge in [-0.2, -0.15) is 0 Å². The van der Waals surface area contributed by atoms with Gasteiger partial charge < -0.3 is 15.3 Å². The van der Waals surface area contributed by atoms with Crippen molar-refractivity contribution in [3.63, 3.8) is 0 Å². The van der Waals surface area contributed by atoms with Gasteiger partial charge in [0.15, 0.2) is 0 Å². The van der Waals surface area contributed by atoms with Crippen LogP contribution in [0.2, 0.25) is 0 Å². The first kappa shape index (κ1) is 16.6. The molecular weight excluding hydrogens is 278 g/mol. The van der Waals surface area contributed by atoms with Gasteiger partial charge in [-0.15, -0.1) is 0 Å². The van der Waals surface area contributed by atoms with Crippen LogP contribution in [0.4, 0.5) is 5.69 Å². The Balaban J connectivity index is 1.88. The molecule has 1 saturated heterocycles. The van der Waals surface area contributed by atoms with Gasteiger partial charge in [0, 0.05) is 37.4 Å². The maximum Gasteiger partial charge on any atom is 0.237 e. The summed E-state index contributed by atoms with van der Waals surface area (Å²) in [6.07, 6.45) is 0. The fourth-order valence-corrected chi connectivity index (χ4v) is 2.67. The van der Waals surface area contributed by atoms with Crippen LogP contribution in [0.15, 0.2) is 24.3 Å². The van der Waals surface area contributed by atoms with Crippen molar-refractivity contribution in [1.82, 2.24) is 10.2 Å². The molecule has 1 aliphatic heterocycles. The van der Waals surface area contributed by atoms with Crippen LogP contribution in [0, 0.1) is 0 Å². The van der Waals surface area contributed by atoms with Gasteiger partial charge in [0.2, 0.25) is 5.91 Å². The zero-order valence-corrected chi connectivity index (χ0v) is 14.0. The lowest BCUT2D eigenvalue weighted by molar-refractivity contribution is -0.127. The third kappa shape index (κ3) is 4.37. The minimum atomic E-state index is -0.195. The highest BCUT2D eigenvalue weighted by molar-refractivity contribution is 5.82. The predicted molar refractivity (Wildman–Crippen MR) is 89.3 cm³/mol. The molecule has 5 nitrogen and oxygen atoms in total. The summed E-state index contributed by atoms with van der Waals surface area (Å²) < 4.78 is 0. The number of amides is 1. The second kappa shape index (κ2) is 6.57. The van der Waals surface area contributed by atoms with Crippen molar-refractivity contribution in [3.05, 3.63) is 24.3 Å². The summed E-state index contributed by atoms with van der Waals surface area (Å²) in [5.74, 6) is 0.375. The van der Waals surface area contributed by atoms with Crippen LogP contribution in [0.3, 0.4) is 0 Å². The third-order valence-electron chi connectivity index (χ3n) is 3.95. The van der Waals surface area contributed by atoms with E-state index in [4.69, 9.17) is 0 Å². The summed E-state index contributed by atoms with van der Waals surface area (Å²) >= 11 is 0. The van der Waals surface area contributed by atoms with E-state index in [9.17, 15) is 9.90 Å². The summed E-state index contributed by atoms with van der Waals surface area (Å²) in [5.41, 5.74) is 0.920. The van der Waals surface area contributed by atoms with E-state index in [1.807, 2.05) is 39.8 Å². The molecule has 2 rings (SSSR count). The molecule has 1 heterocycles. The Hall–Kier alpha value is -1.75. The molecule has 1 aliphatic rings. The van der Waals surface area contributed by atoms with Gasteiger partial charge in [0.1, 0.15) is 5.75 Å². The van der Waals surface area contributed by atoms with Crippen LogP contribution >= 0.6 is 0 Å². The van der Waals surface area contributed by atoms with Crippen LogP contribution in [0.5, 0.6) is 5.75 Å². The second-order valence-corrected chi connectivity index (χ2v) is 6.95. The number of benzene rings is 1. The van der Waals surface area contributed by atoms with Crippen molar-refractivity contribution in [2.75, 3.05) is 31.1 Å². The lowest BCUT2D eigenvalue weighted by atomic mass is 10.1. The van der Waals surface area contributed by atoms with Crippen LogP contribution in [-0.4, -0.2) is 53.7 Å². The Morgan fingerprint density at radius 1 is 1.14 bits per heavy atom. The molecular formula is C17H27N3O2. The van der Waals surface area contributed by atoms with E-state index in [2.05, 4.69) is 15.1 Å². The number of nitrogens with one attached hydrogen (secondary N) is 1. The number of piperazine rings is 1. The summed E-state index contributed by atoms with van der Waals surface area (Å²) in [6, 6.07) is 7.17. The Bertz CT molecular complexity index is 500. The van der Waals surface area contributed by atoms with E-state index in [0.717, 1.165) is 31.9 Å². The molecule has 2 N–H and O–H groups in total. The number of hydrogen-bond donors (Lipinski definition) is 2. The van der Waals surface area contributed by atoms with Gasteiger partial charge in [-0.25, -0.2) is 0 Å². The fraction of sp³-hybridized carbons (Fsp3) is 0.588. The molecule has 0 saturated carbocycles. The number of hydrogen-bond acceptors (Lipinski definition) is 4. The molecule has 0 aliphatic carbocycles. The van der Waals surface area contributed by atoms with E-state index >= 15 is 0 Å². The molecule has 1 fully saturated rings. The molecule has 1 aromatic carbocycles. The standard InChI is InChI=1S/C17H27N3O2/c1-13(16(22)18-17(2,3)4)19-9-11-20(12-10-19)14-5-7-15(21)8-6-14/h5-8,13,21H,9-12H2,1-4H3,(H,18,22)/t13-/m0/s1. The van der Waals surface area contributed by atoms with Crippen molar-refractivity contribution in [2.24, 2.45) is 0 Å². The van der Waals surface area contributed by atoms with Crippen LogP contribution < -0.4 is 10.2 Å². The van der Waals surface area contributed by atoms with Gasteiger partial charge in [-0.05, 0) is 52.0 Å². The number of nitrogens with zero attached hydrogens (tertiary/aromatic N) is 2. The lowest BCUT2D eigenvalue weighted by Gasteiger charge is -2.39. The average molecular weight is 305 g/mol. The van der Waals surface area contributed by atoms with Crippen LogP contribution in [0.25, 0.3) is 0 Å². The van der Waals surface area contributed by atoms with Crippen LogP contribution in [-0.2, 0) is 4.79 Å². The van der Waals surface area contributed by atoms with E-state index in [1.165, 1.54) is 0 Å². The SMILES string of the molecule is C[C@@H](C(=O)NC(C)(C)C)N1CCN(c2ccc(O)cc2)CC1. The van der Waals surface area contributed by atoms with Gasteiger partial charge in [-0.1, -0.05) is 0 Å². The highest BCUT2D eigenvalue weighted by Crippen LogP contribution is 2.20. The Morgan fingerprint density at radius 2 is 1.68 bits per heavy atom. The number of phenols is 1. The molecule has 0 radical (unpaired) electrons. The topological polar surface area (TPSA) is 55.8 Å². The molecule has 0 bridgehead atoms. The molecule has 1 atom stereocenters. The van der Waals surface area contributed by atoms with Gasteiger partial charge in [0.05, 0.1) is 6.04 Å². The smallest absolute Gasteiger partial charge is 0.237 e. The van der Waals surface area contributed by atoms with Crippen molar-refractivity contribution in [1.29, 1.82) is 0 Å².